The zero-order valence-corrected chi connectivity index (χ0v) is 10.3. The van der Waals surface area contributed by atoms with E-state index in [0.29, 0.717) is 18.9 Å². The van der Waals surface area contributed by atoms with Crippen LogP contribution in [0.4, 0.5) is 0 Å². The maximum Gasteiger partial charge on any atom is 0.220 e. The van der Waals surface area contributed by atoms with Gasteiger partial charge in [0.15, 0.2) is 0 Å². The Morgan fingerprint density at radius 1 is 1.39 bits per heavy atom. The highest BCUT2D eigenvalue weighted by atomic mass is 16.1. The second-order valence-electron chi connectivity index (χ2n) is 4.98. The molecule has 1 heterocycles. The number of aromatic nitrogens is 2. The van der Waals surface area contributed by atoms with Crippen LogP contribution in [0.1, 0.15) is 31.5 Å². The topological polar surface area (TPSA) is 57.8 Å². The standard InChI is InChI=1S/C14H17N3O/c18-14(8-10-4-3-5-10)15-9-13-16-11-6-1-2-7-12(11)17-13/h1-2,6-7,10H,3-5,8-9H2,(H,15,18)(H,16,17). The average molecular weight is 243 g/mol. The van der Waals surface area contributed by atoms with Gasteiger partial charge in [-0.3, -0.25) is 4.79 Å². The van der Waals surface area contributed by atoms with Crippen molar-refractivity contribution in [2.45, 2.75) is 32.2 Å². The minimum atomic E-state index is 0.139. The molecule has 1 amide bonds. The number of hydrogen-bond acceptors (Lipinski definition) is 2. The van der Waals surface area contributed by atoms with Gasteiger partial charge in [-0.25, -0.2) is 4.98 Å². The molecule has 94 valence electrons. The van der Waals surface area contributed by atoms with Crippen LogP contribution in [0.25, 0.3) is 11.0 Å². The van der Waals surface area contributed by atoms with Gasteiger partial charge < -0.3 is 10.3 Å². The number of amides is 1. The fourth-order valence-corrected chi connectivity index (χ4v) is 2.30. The molecule has 1 saturated carbocycles. The van der Waals surface area contributed by atoms with Gasteiger partial charge >= 0.3 is 0 Å². The summed E-state index contributed by atoms with van der Waals surface area (Å²) in [6.45, 7) is 0.486. The number of nitrogens with zero attached hydrogens (tertiary/aromatic N) is 1. The van der Waals surface area contributed by atoms with Crippen LogP contribution >= 0.6 is 0 Å². The van der Waals surface area contributed by atoms with Crippen LogP contribution in [-0.4, -0.2) is 15.9 Å². The summed E-state index contributed by atoms with van der Waals surface area (Å²) in [6.07, 6.45) is 4.36. The number of H-pyrrole nitrogens is 1. The van der Waals surface area contributed by atoms with Crippen molar-refractivity contribution in [1.82, 2.24) is 15.3 Å². The molecule has 4 nitrogen and oxygen atoms in total. The molecule has 0 bridgehead atoms. The molecule has 0 atom stereocenters. The van der Waals surface area contributed by atoms with E-state index in [-0.39, 0.29) is 5.91 Å². The van der Waals surface area contributed by atoms with Gasteiger partial charge in [-0.15, -0.1) is 0 Å². The molecule has 18 heavy (non-hydrogen) atoms. The Morgan fingerprint density at radius 2 is 2.22 bits per heavy atom. The molecule has 0 saturated heterocycles. The first-order valence-corrected chi connectivity index (χ1v) is 6.51. The number of para-hydroxylation sites is 2. The molecule has 1 fully saturated rings. The van der Waals surface area contributed by atoms with Crippen LogP contribution in [0.15, 0.2) is 24.3 Å². The molecule has 0 aliphatic heterocycles. The van der Waals surface area contributed by atoms with E-state index in [2.05, 4.69) is 15.3 Å². The Morgan fingerprint density at radius 3 is 2.94 bits per heavy atom. The van der Waals surface area contributed by atoms with Crippen molar-refractivity contribution >= 4 is 16.9 Å². The molecular weight excluding hydrogens is 226 g/mol. The van der Waals surface area contributed by atoms with Crippen LogP contribution in [0.5, 0.6) is 0 Å². The van der Waals surface area contributed by atoms with Crippen LogP contribution in [0.3, 0.4) is 0 Å². The molecule has 1 aromatic carbocycles. The fraction of sp³-hybridized carbons (Fsp3) is 0.429. The molecule has 4 heteroatoms. The zero-order chi connectivity index (χ0) is 12.4. The third kappa shape index (κ3) is 2.37. The average Bonchev–Trinajstić information content (AvgIpc) is 2.74. The summed E-state index contributed by atoms with van der Waals surface area (Å²) in [5.74, 6) is 1.57. The summed E-state index contributed by atoms with van der Waals surface area (Å²) in [7, 11) is 0. The van der Waals surface area contributed by atoms with E-state index in [9.17, 15) is 4.79 Å². The quantitative estimate of drug-likeness (QED) is 0.866. The van der Waals surface area contributed by atoms with Crippen LogP contribution < -0.4 is 5.32 Å². The second-order valence-corrected chi connectivity index (χ2v) is 4.98. The van der Waals surface area contributed by atoms with Crippen molar-refractivity contribution < 1.29 is 4.79 Å². The van der Waals surface area contributed by atoms with Gasteiger partial charge in [0.05, 0.1) is 17.6 Å². The minimum absolute atomic E-state index is 0.139. The Bertz CT molecular complexity index is 524. The first-order valence-electron chi connectivity index (χ1n) is 6.51. The molecule has 1 aliphatic carbocycles. The number of benzene rings is 1. The lowest BCUT2D eigenvalue weighted by Gasteiger charge is -2.24. The Hall–Kier alpha value is -1.84. The smallest absolute Gasteiger partial charge is 0.220 e. The summed E-state index contributed by atoms with van der Waals surface area (Å²) < 4.78 is 0. The van der Waals surface area contributed by atoms with Gasteiger partial charge in [-0.05, 0) is 30.9 Å². The molecule has 0 unspecified atom stereocenters. The number of rotatable bonds is 4. The van der Waals surface area contributed by atoms with Crippen molar-refractivity contribution in [3.63, 3.8) is 0 Å². The van der Waals surface area contributed by atoms with E-state index in [4.69, 9.17) is 0 Å². The van der Waals surface area contributed by atoms with Gasteiger partial charge in [0.25, 0.3) is 0 Å². The van der Waals surface area contributed by atoms with Crippen molar-refractivity contribution in [2.24, 2.45) is 5.92 Å². The predicted molar refractivity (Wildman–Crippen MR) is 69.9 cm³/mol. The Labute approximate surface area is 106 Å². The number of carbonyl (C=O) groups excluding carboxylic acids is 1. The third-order valence-corrected chi connectivity index (χ3v) is 3.59. The van der Waals surface area contributed by atoms with E-state index in [1.54, 1.807) is 0 Å². The van der Waals surface area contributed by atoms with Crippen molar-refractivity contribution in [3.8, 4) is 0 Å². The summed E-state index contributed by atoms with van der Waals surface area (Å²) in [5.41, 5.74) is 1.96. The number of aromatic amines is 1. The lowest BCUT2D eigenvalue weighted by molar-refractivity contribution is -0.122. The van der Waals surface area contributed by atoms with E-state index < -0.39 is 0 Å². The fourth-order valence-electron chi connectivity index (χ4n) is 2.30. The monoisotopic (exact) mass is 243 g/mol. The second kappa shape index (κ2) is 4.80. The van der Waals surface area contributed by atoms with Crippen LogP contribution in [0, 0.1) is 5.92 Å². The zero-order valence-electron chi connectivity index (χ0n) is 10.3. The van der Waals surface area contributed by atoms with Gasteiger partial charge in [-0.1, -0.05) is 18.6 Å². The van der Waals surface area contributed by atoms with Crippen LogP contribution in [-0.2, 0) is 11.3 Å². The number of hydrogen-bond donors (Lipinski definition) is 2. The Kier molecular flexibility index (Phi) is 3.00. The number of fused-ring (bicyclic) bond motifs is 1. The lowest BCUT2D eigenvalue weighted by atomic mass is 9.83. The van der Waals surface area contributed by atoms with Crippen molar-refractivity contribution in [1.29, 1.82) is 0 Å². The maximum atomic E-state index is 11.7. The molecule has 1 aliphatic rings. The van der Waals surface area contributed by atoms with E-state index in [0.717, 1.165) is 16.9 Å². The third-order valence-electron chi connectivity index (χ3n) is 3.59. The van der Waals surface area contributed by atoms with Gasteiger partial charge in [0.1, 0.15) is 5.82 Å². The first kappa shape index (κ1) is 11.3. The highest BCUT2D eigenvalue weighted by Crippen LogP contribution is 2.29. The highest BCUT2D eigenvalue weighted by Gasteiger charge is 2.20. The summed E-state index contributed by atoms with van der Waals surface area (Å²) in [6, 6.07) is 7.88. The van der Waals surface area contributed by atoms with E-state index in [1.807, 2.05) is 24.3 Å². The Balaban J connectivity index is 1.57. The van der Waals surface area contributed by atoms with Crippen molar-refractivity contribution in [2.75, 3.05) is 0 Å². The molecular formula is C14H17N3O. The summed E-state index contributed by atoms with van der Waals surface area (Å²) >= 11 is 0. The molecule has 1 aromatic heterocycles. The lowest BCUT2D eigenvalue weighted by Crippen LogP contribution is -2.27. The summed E-state index contributed by atoms with van der Waals surface area (Å²) in [5, 5.41) is 2.93. The highest BCUT2D eigenvalue weighted by molar-refractivity contribution is 5.77. The first-order chi connectivity index (χ1) is 8.81. The molecule has 2 N–H and O–H groups in total. The number of carbonyl (C=O) groups is 1. The van der Waals surface area contributed by atoms with Crippen LogP contribution in [0.2, 0.25) is 0 Å². The number of nitrogens with one attached hydrogen (secondary N) is 2. The van der Waals surface area contributed by atoms with Gasteiger partial charge in [-0.2, -0.15) is 0 Å². The normalized spacial score (nSPS) is 15.6. The SMILES string of the molecule is O=C(CC1CCC1)NCc1nc2ccccc2[nH]1. The largest absolute Gasteiger partial charge is 0.349 e. The minimum Gasteiger partial charge on any atom is -0.349 e. The molecule has 0 spiro atoms. The molecule has 0 radical (unpaired) electrons. The predicted octanol–water partition coefficient (Wildman–Crippen LogP) is 2.37. The maximum absolute atomic E-state index is 11.7. The van der Waals surface area contributed by atoms with E-state index in [1.165, 1.54) is 19.3 Å². The molecule has 2 aromatic rings. The summed E-state index contributed by atoms with van der Waals surface area (Å²) in [4.78, 5) is 19.3. The van der Waals surface area contributed by atoms with Gasteiger partial charge in [0, 0.05) is 6.42 Å². The number of imidazole rings is 1. The van der Waals surface area contributed by atoms with Gasteiger partial charge in [0.2, 0.25) is 5.91 Å². The van der Waals surface area contributed by atoms with E-state index >= 15 is 0 Å². The van der Waals surface area contributed by atoms with Crippen molar-refractivity contribution in [3.05, 3.63) is 30.1 Å². The molecule has 3 rings (SSSR count).